The van der Waals surface area contributed by atoms with Crippen molar-refractivity contribution in [3.63, 3.8) is 0 Å². The number of aromatic nitrogens is 5. The molecule has 0 saturated heterocycles. The zero-order chi connectivity index (χ0) is 10.7. The van der Waals surface area contributed by atoms with E-state index in [-0.39, 0.29) is 0 Å². The molecule has 0 aliphatic heterocycles. The Morgan fingerprint density at radius 2 is 2.40 bits per heavy atom. The summed E-state index contributed by atoms with van der Waals surface area (Å²) in [5.41, 5.74) is 0.380. The second kappa shape index (κ2) is 4.06. The topological polar surface area (TPSA) is 80.3 Å². The van der Waals surface area contributed by atoms with Crippen LogP contribution in [0.25, 0.3) is 0 Å². The van der Waals surface area contributed by atoms with Gasteiger partial charge in [-0.1, -0.05) is 0 Å². The second-order valence-electron chi connectivity index (χ2n) is 2.65. The first-order chi connectivity index (χ1) is 7.31. The molecule has 0 radical (unpaired) electrons. The molecule has 7 heteroatoms. The lowest BCUT2D eigenvalue weighted by atomic mass is 10.4. The van der Waals surface area contributed by atoms with Crippen LogP contribution in [0.3, 0.4) is 0 Å². The highest BCUT2D eigenvalue weighted by Crippen LogP contribution is 2.26. The molecule has 2 heterocycles. The normalized spacial score (nSPS) is 9.87. The number of hydrogen-bond acceptors (Lipinski definition) is 6. The summed E-state index contributed by atoms with van der Waals surface area (Å²) in [6.45, 7) is 0. The first-order valence-corrected chi connectivity index (χ1v) is 4.88. The highest BCUT2D eigenvalue weighted by Gasteiger charge is 2.08. The minimum atomic E-state index is 0.380. The Labute approximate surface area is 89.9 Å². The molecule has 0 aliphatic rings. The molecule has 0 amide bonds. The molecular weight excluding hydrogens is 212 g/mol. The Morgan fingerprint density at radius 1 is 1.53 bits per heavy atom. The quantitative estimate of drug-likeness (QED) is 0.735. The van der Waals surface area contributed by atoms with Crippen molar-refractivity contribution in [1.82, 2.24) is 25.2 Å². The molecule has 0 unspecified atom stereocenters. The van der Waals surface area contributed by atoms with Crippen molar-refractivity contribution in [2.75, 3.05) is 0 Å². The van der Waals surface area contributed by atoms with Gasteiger partial charge in [0.15, 0.2) is 5.69 Å². The summed E-state index contributed by atoms with van der Waals surface area (Å²) in [5, 5.41) is 20.5. The molecule has 0 aromatic carbocycles. The van der Waals surface area contributed by atoms with Gasteiger partial charge >= 0.3 is 0 Å². The number of aryl methyl sites for hydroxylation is 1. The van der Waals surface area contributed by atoms with Crippen LogP contribution in [0, 0.1) is 11.3 Å². The first-order valence-electron chi connectivity index (χ1n) is 4.06. The highest BCUT2D eigenvalue weighted by atomic mass is 32.2. The standard InChI is InChI=1S/C8H6N6S/c1-14-8(11-12-13-14)15-7-3-2-4-10-6(7)5-9/h2-4H,1H3. The number of pyridine rings is 1. The number of hydrogen-bond donors (Lipinski definition) is 0. The number of tetrazole rings is 1. The van der Waals surface area contributed by atoms with Crippen LogP contribution in [0.1, 0.15) is 5.69 Å². The van der Waals surface area contributed by atoms with Crippen molar-refractivity contribution in [2.45, 2.75) is 10.1 Å². The summed E-state index contributed by atoms with van der Waals surface area (Å²) >= 11 is 1.31. The van der Waals surface area contributed by atoms with Gasteiger partial charge in [0.25, 0.3) is 0 Å². The van der Waals surface area contributed by atoms with Crippen LogP contribution >= 0.6 is 11.8 Å². The van der Waals surface area contributed by atoms with Crippen molar-refractivity contribution in [1.29, 1.82) is 5.26 Å². The lowest BCUT2D eigenvalue weighted by Gasteiger charge is -1.99. The van der Waals surface area contributed by atoms with E-state index in [0.29, 0.717) is 10.9 Å². The molecule has 0 spiro atoms. The van der Waals surface area contributed by atoms with Crippen LogP contribution in [0.2, 0.25) is 0 Å². The van der Waals surface area contributed by atoms with Gasteiger partial charge in [-0.05, 0) is 34.3 Å². The summed E-state index contributed by atoms with van der Waals surface area (Å²) in [6, 6.07) is 5.60. The molecule has 0 saturated carbocycles. The van der Waals surface area contributed by atoms with Gasteiger partial charge in [-0.25, -0.2) is 9.67 Å². The number of rotatable bonds is 2. The van der Waals surface area contributed by atoms with E-state index < -0.39 is 0 Å². The number of nitriles is 1. The lowest BCUT2D eigenvalue weighted by molar-refractivity contribution is 0.664. The SMILES string of the molecule is Cn1nnnc1Sc1cccnc1C#N. The maximum Gasteiger partial charge on any atom is 0.213 e. The van der Waals surface area contributed by atoms with Crippen LogP contribution in [-0.4, -0.2) is 25.2 Å². The Balaban J connectivity index is 2.33. The fourth-order valence-corrected chi connectivity index (χ4v) is 1.75. The van der Waals surface area contributed by atoms with Crippen LogP contribution in [0.4, 0.5) is 0 Å². The van der Waals surface area contributed by atoms with E-state index in [1.54, 1.807) is 24.0 Å². The largest absolute Gasteiger partial charge is 0.244 e. The third kappa shape index (κ3) is 1.94. The predicted molar refractivity (Wildman–Crippen MR) is 51.9 cm³/mol. The van der Waals surface area contributed by atoms with Crippen molar-refractivity contribution >= 4 is 11.8 Å². The summed E-state index contributed by atoms with van der Waals surface area (Å²) < 4.78 is 1.54. The summed E-state index contributed by atoms with van der Waals surface area (Å²) in [4.78, 5) is 4.70. The van der Waals surface area contributed by atoms with Gasteiger partial charge in [0.1, 0.15) is 6.07 Å². The Morgan fingerprint density at radius 3 is 3.07 bits per heavy atom. The molecule has 6 nitrogen and oxygen atoms in total. The van der Waals surface area contributed by atoms with Gasteiger partial charge in [-0.15, -0.1) is 5.10 Å². The maximum atomic E-state index is 8.83. The smallest absolute Gasteiger partial charge is 0.213 e. The lowest BCUT2D eigenvalue weighted by Crippen LogP contribution is -1.94. The zero-order valence-corrected chi connectivity index (χ0v) is 8.64. The summed E-state index contributed by atoms with van der Waals surface area (Å²) in [7, 11) is 1.74. The molecule has 0 fully saturated rings. The van der Waals surface area contributed by atoms with Crippen molar-refractivity contribution in [3.8, 4) is 6.07 Å². The first kappa shape index (κ1) is 9.61. The summed E-state index contributed by atoms with van der Waals surface area (Å²) in [5.74, 6) is 0. The molecular formula is C8H6N6S. The van der Waals surface area contributed by atoms with Gasteiger partial charge in [0, 0.05) is 13.2 Å². The van der Waals surface area contributed by atoms with Crippen molar-refractivity contribution < 1.29 is 0 Å². The Hall–Kier alpha value is -1.94. The van der Waals surface area contributed by atoms with Gasteiger partial charge < -0.3 is 0 Å². The van der Waals surface area contributed by atoms with Gasteiger partial charge in [0.05, 0.1) is 4.90 Å². The molecule has 74 valence electrons. The minimum absolute atomic E-state index is 0.380. The Bertz CT molecular complexity index is 514. The second-order valence-corrected chi connectivity index (χ2v) is 3.66. The van der Waals surface area contributed by atoms with Crippen molar-refractivity contribution in [3.05, 3.63) is 24.0 Å². The van der Waals surface area contributed by atoms with E-state index in [1.807, 2.05) is 12.1 Å². The molecule has 15 heavy (non-hydrogen) atoms. The fraction of sp³-hybridized carbons (Fsp3) is 0.125. The van der Waals surface area contributed by atoms with Gasteiger partial charge in [0.2, 0.25) is 5.16 Å². The van der Waals surface area contributed by atoms with Crippen LogP contribution < -0.4 is 0 Å². The van der Waals surface area contributed by atoms with E-state index >= 15 is 0 Å². The average molecular weight is 218 g/mol. The maximum absolute atomic E-state index is 8.83. The van der Waals surface area contributed by atoms with Gasteiger partial charge in [-0.2, -0.15) is 5.26 Å². The molecule has 0 bridgehead atoms. The monoisotopic (exact) mass is 218 g/mol. The van der Waals surface area contributed by atoms with Crippen LogP contribution in [0.15, 0.2) is 28.4 Å². The zero-order valence-electron chi connectivity index (χ0n) is 7.82. The van der Waals surface area contributed by atoms with E-state index in [0.717, 1.165) is 4.90 Å². The molecule has 0 aliphatic carbocycles. The average Bonchev–Trinajstić information content (AvgIpc) is 2.65. The predicted octanol–water partition coefficient (Wildman–Crippen LogP) is 0.628. The van der Waals surface area contributed by atoms with E-state index in [9.17, 15) is 0 Å². The van der Waals surface area contributed by atoms with E-state index in [4.69, 9.17) is 5.26 Å². The molecule has 2 aromatic rings. The summed E-state index contributed by atoms with van der Waals surface area (Å²) in [6.07, 6.45) is 1.58. The Kier molecular flexibility index (Phi) is 2.60. The third-order valence-corrected chi connectivity index (χ3v) is 2.74. The van der Waals surface area contributed by atoms with Crippen molar-refractivity contribution in [2.24, 2.45) is 7.05 Å². The molecule has 2 aromatic heterocycles. The fourth-order valence-electron chi connectivity index (χ4n) is 0.963. The highest BCUT2D eigenvalue weighted by molar-refractivity contribution is 7.99. The van der Waals surface area contributed by atoms with Gasteiger partial charge in [-0.3, -0.25) is 0 Å². The third-order valence-electron chi connectivity index (χ3n) is 1.66. The molecule has 2 rings (SSSR count). The molecule has 0 atom stereocenters. The van der Waals surface area contributed by atoms with E-state index in [1.165, 1.54) is 11.8 Å². The van der Waals surface area contributed by atoms with Crippen LogP contribution in [0.5, 0.6) is 0 Å². The van der Waals surface area contributed by atoms with E-state index in [2.05, 4.69) is 20.5 Å². The van der Waals surface area contributed by atoms with Crippen LogP contribution in [-0.2, 0) is 7.05 Å². The number of nitrogens with zero attached hydrogens (tertiary/aromatic N) is 6. The minimum Gasteiger partial charge on any atom is -0.244 e. The molecule has 0 N–H and O–H groups in total.